The van der Waals surface area contributed by atoms with E-state index in [2.05, 4.69) is 15.6 Å². The fourth-order valence-electron chi connectivity index (χ4n) is 5.31. The molecule has 2 aliphatic heterocycles. The smallest absolute Gasteiger partial charge is 0.291 e. The van der Waals surface area contributed by atoms with Gasteiger partial charge in [0.15, 0.2) is 17.4 Å². The van der Waals surface area contributed by atoms with Gasteiger partial charge in [-0.15, -0.1) is 0 Å². The maximum absolute atomic E-state index is 14.6. The minimum atomic E-state index is -1.14. The van der Waals surface area contributed by atoms with Crippen LogP contribution in [0.15, 0.2) is 36.5 Å². The lowest BCUT2D eigenvalue weighted by Gasteiger charge is -2.35. The van der Waals surface area contributed by atoms with Crippen molar-refractivity contribution in [3.63, 3.8) is 0 Å². The lowest BCUT2D eigenvalue weighted by Crippen LogP contribution is -2.51. The number of ether oxygens (including phenoxy) is 1. The topological polar surface area (TPSA) is 146 Å². The van der Waals surface area contributed by atoms with E-state index < -0.39 is 17.5 Å². The number of benzene rings is 2. The minimum absolute atomic E-state index is 0.0477. The van der Waals surface area contributed by atoms with E-state index in [0.29, 0.717) is 44.2 Å². The zero-order valence-electron chi connectivity index (χ0n) is 24.7. The van der Waals surface area contributed by atoms with Gasteiger partial charge in [-0.1, -0.05) is 11.6 Å². The highest BCUT2D eigenvalue weighted by atomic mass is 35.5. The third-order valence-electron chi connectivity index (χ3n) is 7.74. The van der Waals surface area contributed by atoms with Crippen molar-refractivity contribution >= 4 is 41.5 Å². The van der Waals surface area contributed by atoms with E-state index in [9.17, 15) is 23.2 Å². The Morgan fingerprint density at radius 2 is 1.82 bits per heavy atom. The molecule has 45 heavy (non-hydrogen) atoms. The fraction of sp³-hybridized carbons (Fsp3) is 0.367. The summed E-state index contributed by atoms with van der Waals surface area (Å²) < 4.78 is 35.0. The van der Waals surface area contributed by atoms with Crippen molar-refractivity contribution < 1.29 is 37.8 Å². The Hall–Kier alpha value is -4.56. The van der Waals surface area contributed by atoms with Crippen LogP contribution in [0.1, 0.15) is 33.8 Å². The van der Waals surface area contributed by atoms with E-state index in [0.717, 1.165) is 19.5 Å². The zero-order valence-corrected chi connectivity index (χ0v) is 25.4. The van der Waals surface area contributed by atoms with Gasteiger partial charge >= 0.3 is 0 Å². The zero-order chi connectivity index (χ0) is 32.7. The van der Waals surface area contributed by atoms with Gasteiger partial charge in [0.05, 0.1) is 29.6 Å². The summed E-state index contributed by atoms with van der Waals surface area (Å²) in [6, 6.07) is 7.18. The molecule has 3 aromatic rings. The number of amides is 3. The van der Waals surface area contributed by atoms with Crippen LogP contribution in [0.25, 0.3) is 11.3 Å². The highest BCUT2D eigenvalue weighted by Crippen LogP contribution is 2.30. The largest absolute Gasteiger partial charge is 0.494 e. The molecule has 5 rings (SSSR count). The van der Waals surface area contributed by atoms with Crippen LogP contribution in [0.5, 0.6) is 5.75 Å². The number of rotatable bonds is 7. The molecule has 2 aromatic carbocycles. The number of aromatic nitrogens is 2. The van der Waals surface area contributed by atoms with Crippen molar-refractivity contribution in [1.29, 1.82) is 0 Å². The molecule has 2 aliphatic rings. The molecule has 1 aromatic heterocycles. The average molecular weight is 647 g/mol. The molecule has 12 nitrogen and oxygen atoms in total. The number of hydrogen-bond donors (Lipinski definition) is 3. The maximum Gasteiger partial charge on any atom is 0.291 e. The van der Waals surface area contributed by atoms with E-state index in [4.69, 9.17) is 26.2 Å². The molecule has 2 fully saturated rings. The molecule has 3 amide bonds. The molecular weight excluding hydrogens is 614 g/mol. The van der Waals surface area contributed by atoms with Crippen LogP contribution >= 0.6 is 11.6 Å². The van der Waals surface area contributed by atoms with Crippen LogP contribution in [0.3, 0.4) is 0 Å². The number of anilines is 1. The third-order valence-corrected chi connectivity index (χ3v) is 8.05. The Kier molecular flexibility index (Phi) is 11.1. The third kappa shape index (κ3) is 7.57. The van der Waals surface area contributed by atoms with Crippen molar-refractivity contribution in [1.82, 2.24) is 24.7 Å². The average Bonchev–Trinajstić information content (AvgIpc) is 3.68. The summed E-state index contributed by atoms with van der Waals surface area (Å²) in [6.45, 7) is 3.31. The van der Waals surface area contributed by atoms with Gasteiger partial charge in [0.2, 0.25) is 11.7 Å². The van der Waals surface area contributed by atoms with Gasteiger partial charge in [-0.3, -0.25) is 19.2 Å². The molecule has 15 heteroatoms. The number of methoxy groups -OCH3 is 1. The molecule has 0 saturated carbocycles. The number of nitrogens with zero attached hydrogens (tertiary/aromatic N) is 4. The van der Waals surface area contributed by atoms with Crippen molar-refractivity contribution in [2.45, 2.75) is 12.8 Å². The number of piperazine rings is 1. The van der Waals surface area contributed by atoms with Crippen LogP contribution in [-0.4, -0.2) is 95.0 Å². The molecule has 0 bridgehead atoms. The molecule has 0 radical (unpaired) electrons. The van der Waals surface area contributed by atoms with Gasteiger partial charge in [-0.2, -0.15) is 4.39 Å². The summed E-state index contributed by atoms with van der Waals surface area (Å²) in [7, 11) is 2.74. The Labute approximate surface area is 262 Å². The van der Waals surface area contributed by atoms with E-state index in [1.165, 1.54) is 49.2 Å². The molecule has 1 atom stereocenters. The molecule has 0 spiro atoms. The standard InChI is InChI=1S/C29H31ClF2N6O4.CH2O2/c1-36-22(20-5-6-23(42-2)26(32)25(20)31)16-34-27(36)28(40)35-18-3-4-19(21(30)14-18)29(41)38-11-9-37(10-12-38)24(39)13-17-7-8-33-15-17;2-1-3/h3-6,14,16-17,33H,7-13,15H2,1-2H3,(H,35,40);1H,(H,2,3)/t17-;/m0./s1. The van der Waals surface area contributed by atoms with Gasteiger partial charge in [-0.25, -0.2) is 9.37 Å². The summed E-state index contributed by atoms with van der Waals surface area (Å²) in [5.74, 6) is -2.92. The number of nitrogens with one attached hydrogen (secondary N) is 2. The lowest BCUT2D eigenvalue weighted by atomic mass is 10.0. The minimum Gasteiger partial charge on any atom is -0.494 e. The molecule has 3 N–H and O–H groups in total. The van der Waals surface area contributed by atoms with E-state index in [1.54, 1.807) is 11.0 Å². The number of carbonyl (C=O) groups excluding carboxylic acids is 3. The molecule has 0 unspecified atom stereocenters. The summed E-state index contributed by atoms with van der Waals surface area (Å²) in [5.41, 5.74) is 0.715. The van der Waals surface area contributed by atoms with Crippen molar-refractivity contribution in [3.05, 3.63) is 64.6 Å². The van der Waals surface area contributed by atoms with Gasteiger partial charge in [0.1, 0.15) is 0 Å². The van der Waals surface area contributed by atoms with Crippen LogP contribution in [0, 0.1) is 17.6 Å². The first-order chi connectivity index (χ1) is 21.6. The second-order valence-corrected chi connectivity index (χ2v) is 10.9. The second kappa shape index (κ2) is 14.9. The predicted octanol–water partition coefficient (Wildman–Crippen LogP) is 3.26. The van der Waals surface area contributed by atoms with Crippen LogP contribution < -0.4 is 15.4 Å². The highest BCUT2D eigenvalue weighted by Gasteiger charge is 2.28. The van der Waals surface area contributed by atoms with Gasteiger partial charge < -0.3 is 34.8 Å². The number of imidazole rings is 1. The Bertz CT molecular complexity index is 1570. The Morgan fingerprint density at radius 3 is 2.44 bits per heavy atom. The normalized spacial score (nSPS) is 16.1. The van der Waals surface area contributed by atoms with Gasteiger partial charge in [0, 0.05) is 50.9 Å². The summed E-state index contributed by atoms with van der Waals surface area (Å²) in [4.78, 5) is 54.7. The summed E-state index contributed by atoms with van der Waals surface area (Å²) in [5, 5.41) is 13.0. The van der Waals surface area contributed by atoms with Crippen LogP contribution in [-0.2, 0) is 16.6 Å². The lowest BCUT2D eigenvalue weighted by molar-refractivity contribution is -0.133. The molecule has 240 valence electrons. The number of carboxylic acid groups (broad SMARTS) is 1. The fourth-order valence-corrected chi connectivity index (χ4v) is 5.57. The molecule has 3 heterocycles. The SMILES string of the molecule is COc1ccc(-c2cnc(C(=O)Nc3ccc(C(=O)N4CCN(C(=O)C[C@@H]5CCNC5)CC4)c(Cl)c3)n2C)c(F)c1F.O=CO. The van der Waals surface area contributed by atoms with E-state index in [1.807, 2.05) is 4.90 Å². The first-order valence-corrected chi connectivity index (χ1v) is 14.5. The summed E-state index contributed by atoms with van der Waals surface area (Å²) in [6.07, 6.45) is 2.80. The summed E-state index contributed by atoms with van der Waals surface area (Å²) >= 11 is 6.44. The van der Waals surface area contributed by atoms with Crippen molar-refractivity contribution in [2.24, 2.45) is 13.0 Å². The van der Waals surface area contributed by atoms with Crippen molar-refractivity contribution in [3.8, 4) is 17.0 Å². The van der Waals surface area contributed by atoms with Crippen LogP contribution in [0.4, 0.5) is 14.5 Å². The number of halogens is 3. The van der Waals surface area contributed by atoms with E-state index >= 15 is 0 Å². The maximum atomic E-state index is 14.6. The monoisotopic (exact) mass is 646 g/mol. The first-order valence-electron chi connectivity index (χ1n) is 14.1. The first kappa shape index (κ1) is 33.3. The molecule has 0 aliphatic carbocycles. The number of carbonyl (C=O) groups is 4. The van der Waals surface area contributed by atoms with Gasteiger partial charge in [0.25, 0.3) is 18.3 Å². The molecular formula is C30H33ClF2N6O6. The van der Waals surface area contributed by atoms with E-state index in [-0.39, 0.29) is 51.7 Å². The molecule has 2 saturated heterocycles. The Balaban J connectivity index is 0.00000148. The highest BCUT2D eigenvalue weighted by molar-refractivity contribution is 6.34. The Morgan fingerprint density at radius 1 is 1.13 bits per heavy atom. The predicted molar refractivity (Wildman–Crippen MR) is 161 cm³/mol. The van der Waals surface area contributed by atoms with Crippen LogP contribution in [0.2, 0.25) is 5.02 Å². The van der Waals surface area contributed by atoms with Gasteiger partial charge in [-0.05, 0) is 55.8 Å². The second-order valence-electron chi connectivity index (χ2n) is 10.5. The quantitative estimate of drug-likeness (QED) is 0.332. The van der Waals surface area contributed by atoms with Crippen molar-refractivity contribution in [2.75, 3.05) is 51.7 Å². The number of hydrogen-bond acceptors (Lipinski definition) is 7.